The minimum absolute atomic E-state index is 0. The van der Waals surface area contributed by atoms with Gasteiger partial charge in [-0.2, -0.15) is 0 Å². The zero-order chi connectivity index (χ0) is 13.5. The second-order valence-corrected chi connectivity index (χ2v) is 7.61. The van der Waals surface area contributed by atoms with Gasteiger partial charge in [0.25, 0.3) is 0 Å². The van der Waals surface area contributed by atoms with Gasteiger partial charge in [-0.15, -0.1) is 12.4 Å². The number of halogens is 1. The van der Waals surface area contributed by atoms with Gasteiger partial charge in [-0.3, -0.25) is 4.79 Å². The first-order chi connectivity index (χ1) is 9.81. The molecule has 21 heavy (non-hydrogen) atoms. The van der Waals surface area contributed by atoms with Crippen LogP contribution in [0.2, 0.25) is 0 Å². The Morgan fingerprint density at radius 2 is 1.71 bits per heavy atom. The largest absolute Gasteiger partial charge is 0.341 e. The summed E-state index contributed by atoms with van der Waals surface area (Å²) in [5.41, 5.74) is 0. The Balaban J connectivity index is 0.00000132. The number of carbonyl (C=O) groups excluding carboxylic acids is 1. The molecule has 1 N–H and O–H groups in total. The van der Waals surface area contributed by atoms with E-state index in [2.05, 4.69) is 10.2 Å². The highest BCUT2D eigenvalue weighted by atomic mass is 35.5. The molecule has 2 saturated carbocycles. The second kappa shape index (κ2) is 6.45. The first-order valence-corrected chi connectivity index (χ1v) is 8.86. The molecule has 2 bridgehead atoms. The van der Waals surface area contributed by atoms with Gasteiger partial charge in [-0.25, -0.2) is 0 Å². The average molecular weight is 313 g/mol. The third kappa shape index (κ3) is 3.24. The summed E-state index contributed by atoms with van der Waals surface area (Å²) in [5.74, 6) is 2.51. The maximum absolute atomic E-state index is 12.7. The number of fused-ring (bicyclic) bond motifs is 2. The van der Waals surface area contributed by atoms with E-state index in [9.17, 15) is 4.79 Å². The fourth-order valence-electron chi connectivity index (χ4n) is 4.96. The van der Waals surface area contributed by atoms with Crippen LogP contribution in [-0.2, 0) is 4.79 Å². The van der Waals surface area contributed by atoms with Crippen molar-refractivity contribution in [2.75, 3.05) is 13.1 Å². The molecule has 4 rings (SSSR count). The van der Waals surface area contributed by atoms with Gasteiger partial charge < -0.3 is 10.2 Å². The van der Waals surface area contributed by atoms with Crippen molar-refractivity contribution < 1.29 is 4.79 Å². The molecular weight excluding hydrogens is 284 g/mol. The van der Waals surface area contributed by atoms with Gasteiger partial charge >= 0.3 is 0 Å². The number of rotatable bonds is 2. The predicted octanol–water partition coefficient (Wildman–Crippen LogP) is 2.98. The van der Waals surface area contributed by atoms with Crippen LogP contribution in [0.5, 0.6) is 0 Å². The topological polar surface area (TPSA) is 32.3 Å². The number of nitrogens with zero attached hydrogens (tertiary/aromatic N) is 1. The molecule has 4 unspecified atom stereocenters. The first-order valence-electron chi connectivity index (χ1n) is 8.86. The van der Waals surface area contributed by atoms with E-state index < -0.39 is 0 Å². The molecule has 120 valence electrons. The lowest BCUT2D eigenvalue weighted by atomic mass is 9.85. The van der Waals surface area contributed by atoms with Gasteiger partial charge in [-0.05, 0) is 37.5 Å². The van der Waals surface area contributed by atoms with Crippen LogP contribution in [0, 0.1) is 17.8 Å². The molecule has 2 aliphatic carbocycles. The summed E-state index contributed by atoms with van der Waals surface area (Å²) in [6.45, 7) is 1.98. The number of nitrogens with one attached hydrogen (secondary N) is 1. The third-order valence-corrected chi connectivity index (χ3v) is 6.25. The van der Waals surface area contributed by atoms with Crippen LogP contribution >= 0.6 is 12.4 Å². The second-order valence-electron chi connectivity index (χ2n) is 7.61. The van der Waals surface area contributed by atoms with Gasteiger partial charge in [0.05, 0.1) is 0 Å². The highest BCUT2D eigenvalue weighted by Crippen LogP contribution is 2.50. The lowest BCUT2D eigenvalue weighted by Gasteiger charge is -2.26. The molecule has 2 aliphatic heterocycles. The molecule has 0 aromatic heterocycles. The van der Waals surface area contributed by atoms with Crippen molar-refractivity contribution in [1.29, 1.82) is 0 Å². The van der Waals surface area contributed by atoms with E-state index in [0.29, 0.717) is 23.9 Å². The van der Waals surface area contributed by atoms with Gasteiger partial charge in [0, 0.05) is 31.1 Å². The van der Waals surface area contributed by atoms with Gasteiger partial charge in [0.1, 0.15) is 0 Å². The van der Waals surface area contributed by atoms with Crippen LogP contribution in [-0.4, -0.2) is 36.0 Å². The number of likely N-dealkylation sites (tertiary alicyclic amines) is 1. The molecule has 0 aromatic carbocycles. The standard InChI is InChI=1S/C17H28N2O.ClH/c20-17(16-10-15(16)12-4-2-1-3-5-12)19-9-8-13-6-7-14(11-19)18-13;/h12-16,18H,1-11H2;1H. The molecule has 4 heteroatoms. The maximum Gasteiger partial charge on any atom is 0.226 e. The molecule has 4 fully saturated rings. The van der Waals surface area contributed by atoms with E-state index in [1.807, 2.05) is 0 Å². The van der Waals surface area contributed by atoms with Crippen molar-refractivity contribution >= 4 is 18.3 Å². The van der Waals surface area contributed by atoms with Crippen molar-refractivity contribution in [2.24, 2.45) is 17.8 Å². The highest BCUT2D eigenvalue weighted by Gasteiger charge is 2.49. The monoisotopic (exact) mass is 312 g/mol. The summed E-state index contributed by atoms with van der Waals surface area (Å²) in [6, 6.07) is 1.27. The predicted molar refractivity (Wildman–Crippen MR) is 86.6 cm³/mol. The molecule has 1 amide bonds. The molecule has 3 nitrogen and oxygen atoms in total. The highest BCUT2D eigenvalue weighted by molar-refractivity contribution is 5.85. The quantitative estimate of drug-likeness (QED) is 0.850. The fourth-order valence-corrected chi connectivity index (χ4v) is 4.96. The summed E-state index contributed by atoms with van der Waals surface area (Å²) < 4.78 is 0. The van der Waals surface area contributed by atoms with E-state index >= 15 is 0 Å². The van der Waals surface area contributed by atoms with Crippen LogP contribution in [0.4, 0.5) is 0 Å². The first kappa shape index (κ1) is 15.6. The van der Waals surface area contributed by atoms with E-state index in [1.165, 1.54) is 57.8 Å². The van der Waals surface area contributed by atoms with Crippen LogP contribution in [0.15, 0.2) is 0 Å². The normalized spacial score (nSPS) is 39.5. The summed E-state index contributed by atoms with van der Waals surface area (Å²) in [4.78, 5) is 14.9. The molecule has 0 aromatic rings. The van der Waals surface area contributed by atoms with Crippen molar-refractivity contribution in [2.45, 2.75) is 69.9 Å². The smallest absolute Gasteiger partial charge is 0.226 e. The Morgan fingerprint density at radius 1 is 0.952 bits per heavy atom. The zero-order valence-corrected chi connectivity index (χ0v) is 13.7. The zero-order valence-electron chi connectivity index (χ0n) is 12.9. The number of amides is 1. The minimum Gasteiger partial charge on any atom is -0.341 e. The van der Waals surface area contributed by atoms with Crippen molar-refractivity contribution in [3.05, 3.63) is 0 Å². The van der Waals surface area contributed by atoms with E-state index in [-0.39, 0.29) is 12.4 Å². The summed E-state index contributed by atoms with van der Waals surface area (Å²) in [7, 11) is 0. The average Bonchev–Trinajstić information content (AvgIpc) is 3.19. The molecular formula is C17H29ClN2O. The van der Waals surface area contributed by atoms with E-state index in [1.54, 1.807) is 0 Å². The Hall–Kier alpha value is -0.280. The van der Waals surface area contributed by atoms with E-state index in [0.717, 1.165) is 24.9 Å². The van der Waals surface area contributed by atoms with Gasteiger partial charge in [0.2, 0.25) is 5.91 Å². The summed E-state index contributed by atoms with van der Waals surface area (Å²) >= 11 is 0. The van der Waals surface area contributed by atoms with E-state index in [4.69, 9.17) is 0 Å². The van der Waals surface area contributed by atoms with Crippen LogP contribution in [0.3, 0.4) is 0 Å². The summed E-state index contributed by atoms with van der Waals surface area (Å²) in [6.07, 6.45) is 12.0. The van der Waals surface area contributed by atoms with Crippen molar-refractivity contribution in [1.82, 2.24) is 10.2 Å². The van der Waals surface area contributed by atoms with Gasteiger partial charge in [0.15, 0.2) is 0 Å². The summed E-state index contributed by atoms with van der Waals surface area (Å²) in [5, 5.41) is 3.68. The van der Waals surface area contributed by atoms with Crippen molar-refractivity contribution in [3.63, 3.8) is 0 Å². The molecule has 2 heterocycles. The van der Waals surface area contributed by atoms with Gasteiger partial charge in [-0.1, -0.05) is 32.1 Å². The van der Waals surface area contributed by atoms with Crippen molar-refractivity contribution in [3.8, 4) is 0 Å². The number of hydrogen-bond donors (Lipinski definition) is 1. The minimum atomic E-state index is 0. The molecule has 0 radical (unpaired) electrons. The fraction of sp³-hybridized carbons (Fsp3) is 0.941. The van der Waals surface area contributed by atoms with Crippen LogP contribution in [0.1, 0.15) is 57.8 Å². The molecule has 4 aliphatic rings. The molecule has 4 atom stereocenters. The Kier molecular flexibility index (Phi) is 4.80. The Bertz CT molecular complexity index is 383. The van der Waals surface area contributed by atoms with Crippen LogP contribution in [0.25, 0.3) is 0 Å². The lowest BCUT2D eigenvalue weighted by Crippen LogP contribution is -2.40. The Morgan fingerprint density at radius 3 is 2.52 bits per heavy atom. The third-order valence-electron chi connectivity index (χ3n) is 6.25. The lowest BCUT2D eigenvalue weighted by molar-refractivity contribution is -0.133. The Labute approximate surface area is 134 Å². The molecule has 2 saturated heterocycles. The number of carbonyl (C=O) groups is 1. The van der Waals surface area contributed by atoms with Crippen LogP contribution < -0.4 is 5.32 Å². The number of hydrogen-bond acceptors (Lipinski definition) is 2. The SMILES string of the molecule is Cl.O=C(C1CC1C1CCCCC1)N1CCC2CCC(C1)N2. The molecule has 0 spiro atoms. The maximum atomic E-state index is 12.7.